The van der Waals surface area contributed by atoms with E-state index in [0.717, 1.165) is 64.7 Å². The van der Waals surface area contributed by atoms with Gasteiger partial charge in [0.1, 0.15) is 10.8 Å². The number of carbonyl (C=O) groups excluding carboxylic acids is 2. The van der Waals surface area contributed by atoms with Gasteiger partial charge in [-0.1, -0.05) is 0 Å². The fourth-order valence-electron chi connectivity index (χ4n) is 3.21. The van der Waals surface area contributed by atoms with Gasteiger partial charge in [0.2, 0.25) is 15.9 Å². The molecule has 1 aromatic heterocycles. The number of benzene rings is 1. The summed E-state index contributed by atoms with van der Waals surface area (Å²) in [4.78, 5) is 25.7. The van der Waals surface area contributed by atoms with E-state index >= 15 is 0 Å². The topological polar surface area (TPSA) is 92.8 Å². The van der Waals surface area contributed by atoms with Crippen LogP contribution in [0.15, 0.2) is 29.2 Å². The second-order valence-corrected chi connectivity index (χ2v) is 9.82. The summed E-state index contributed by atoms with van der Waals surface area (Å²) in [5.41, 5.74) is 1.25. The molecule has 0 saturated carbocycles. The summed E-state index contributed by atoms with van der Waals surface area (Å²) in [5, 5.41) is 3.04. The Bertz CT molecular complexity index is 1030. The molecule has 0 unspecified atom stereocenters. The van der Waals surface area contributed by atoms with E-state index in [1.165, 1.54) is 25.5 Å². The van der Waals surface area contributed by atoms with Crippen molar-refractivity contribution in [2.24, 2.45) is 0 Å². The van der Waals surface area contributed by atoms with Crippen LogP contribution in [0.2, 0.25) is 0 Å². The summed E-state index contributed by atoms with van der Waals surface area (Å²) in [7, 11) is -1.41. The quantitative estimate of drug-likeness (QED) is 0.698. The number of anilines is 1. The van der Waals surface area contributed by atoms with Gasteiger partial charge in [0, 0.05) is 11.9 Å². The maximum atomic E-state index is 13.0. The first-order chi connectivity index (χ1) is 13.7. The van der Waals surface area contributed by atoms with E-state index < -0.39 is 34.3 Å². The lowest BCUT2D eigenvalue weighted by Crippen LogP contribution is -2.35. The molecule has 1 aliphatic rings. The van der Waals surface area contributed by atoms with Gasteiger partial charge in [-0.2, -0.15) is 4.31 Å². The van der Waals surface area contributed by atoms with E-state index in [2.05, 4.69) is 5.32 Å². The van der Waals surface area contributed by atoms with Crippen LogP contribution in [0.3, 0.4) is 0 Å². The van der Waals surface area contributed by atoms with Crippen LogP contribution in [0.25, 0.3) is 0 Å². The van der Waals surface area contributed by atoms with Gasteiger partial charge in [-0.05, 0) is 55.5 Å². The van der Waals surface area contributed by atoms with Crippen molar-refractivity contribution in [3.8, 4) is 0 Å². The molecule has 0 atom stereocenters. The summed E-state index contributed by atoms with van der Waals surface area (Å²) in [5.74, 6) is -1.66. The van der Waals surface area contributed by atoms with E-state index in [0.29, 0.717) is 10.6 Å². The van der Waals surface area contributed by atoms with Crippen LogP contribution in [-0.4, -0.2) is 45.3 Å². The van der Waals surface area contributed by atoms with Crippen LogP contribution in [0.5, 0.6) is 0 Å². The molecule has 29 heavy (non-hydrogen) atoms. The zero-order valence-corrected chi connectivity index (χ0v) is 17.7. The molecule has 0 fully saturated rings. The van der Waals surface area contributed by atoms with E-state index in [1.807, 2.05) is 0 Å². The van der Waals surface area contributed by atoms with Crippen LogP contribution in [-0.2, 0) is 32.4 Å². The number of esters is 1. The first kappa shape index (κ1) is 21.4. The number of hydrogen-bond acceptors (Lipinski definition) is 6. The first-order valence-electron chi connectivity index (χ1n) is 8.98. The van der Waals surface area contributed by atoms with Crippen LogP contribution in [0, 0.1) is 5.82 Å². The Kier molecular flexibility index (Phi) is 6.35. The Labute approximate surface area is 172 Å². The second-order valence-electron chi connectivity index (χ2n) is 6.67. The third-order valence-electron chi connectivity index (χ3n) is 4.70. The fourth-order valence-corrected chi connectivity index (χ4v) is 5.63. The number of amides is 1. The standard InChI is InChI=1S/C19H21FN2O5S2/c1-22(29(25,26)13-9-7-12(20)8-10-13)11-16(23)21-18-17(19(24)27-2)14-5-3-4-6-15(14)28-18/h7-10H,3-6,11H2,1-2H3,(H,21,23). The number of nitrogens with zero attached hydrogens (tertiary/aromatic N) is 1. The molecular formula is C19H21FN2O5S2. The lowest BCUT2D eigenvalue weighted by atomic mass is 9.95. The number of carbonyl (C=O) groups is 2. The smallest absolute Gasteiger partial charge is 0.341 e. The van der Waals surface area contributed by atoms with Gasteiger partial charge in [0.05, 0.1) is 24.1 Å². The predicted molar refractivity (Wildman–Crippen MR) is 107 cm³/mol. The molecule has 10 heteroatoms. The summed E-state index contributed by atoms with van der Waals surface area (Å²) in [6.45, 7) is -0.455. The Morgan fingerprint density at radius 1 is 1.21 bits per heavy atom. The van der Waals surface area contributed by atoms with Crippen molar-refractivity contribution in [1.29, 1.82) is 0 Å². The Morgan fingerprint density at radius 2 is 1.86 bits per heavy atom. The fraction of sp³-hybridized carbons (Fsp3) is 0.368. The molecule has 0 aliphatic heterocycles. The molecule has 7 nitrogen and oxygen atoms in total. The SMILES string of the molecule is COC(=O)c1c(NC(=O)CN(C)S(=O)(=O)c2ccc(F)cc2)sc2c1CCCC2. The number of hydrogen-bond donors (Lipinski definition) is 1. The molecule has 1 aliphatic carbocycles. The van der Waals surface area contributed by atoms with Gasteiger partial charge >= 0.3 is 5.97 Å². The van der Waals surface area contributed by atoms with Gasteiger partial charge in [-0.3, -0.25) is 4.79 Å². The summed E-state index contributed by atoms with van der Waals surface area (Å²) >= 11 is 1.32. The third kappa shape index (κ3) is 4.49. The molecule has 3 rings (SSSR count). The molecule has 156 valence electrons. The Balaban J connectivity index is 1.78. The lowest BCUT2D eigenvalue weighted by Gasteiger charge is -2.17. The molecule has 0 spiro atoms. The number of rotatable bonds is 6. The molecule has 0 radical (unpaired) electrons. The van der Waals surface area contributed by atoms with Gasteiger partial charge in [0.25, 0.3) is 0 Å². The largest absolute Gasteiger partial charge is 0.465 e. The second kappa shape index (κ2) is 8.60. The molecular weight excluding hydrogens is 419 g/mol. The monoisotopic (exact) mass is 440 g/mol. The minimum absolute atomic E-state index is 0.115. The van der Waals surface area contributed by atoms with Gasteiger partial charge in [-0.25, -0.2) is 17.6 Å². The molecule has 1 amide bonds. The van der Waals surface area contributed by atoms with Gasteiger partial charge in [0.15, 0.2) is 0 Å². The van der Waals surface area contributed by atoms with Crippen molar-refractivity contribution < 1.29 is 27.1 Å². The molecule has 1 N–H and O–H groups in total. The number of sulfonamides is 1. The van der Waals surface area contributed by atoms with Crippen molar-refractivity contribution in [2.75, 3.05) is 26.0 Å². The minimum Gasteiger partial charge on any atom is -0.465 e. The highest BCUT2D eigenvalue weighted by Gasteiger charge is 2.28. The minimum atomic E-state index is -3.96. The number of fused-ring (bicyclic) bond motifs is 1. The number of ether oxygens (including phenoxy) is 1. The number of thiophene rings is 1. The maximum Gasteiger partial charge on any atom is 0.341 e. The zero-order valence-electron chi connectivity index (χ0n) is 16.0. The molecule has 0 saturated heterocycles. The Morgan fingerprint density at radius 3 is 2.52 bits per heavy atom. The Hall–Kier alpha value is -2.30. The van der Waals surface area contributed by atoms with E-state index in [1.54, 1.807) is 0 Å². The van der Waals surface area contributed by atoms with Gasteiger partial charge < -0.3 is 10.1 Å². The molecule has 0 bridgehead atoms. The van der Waals surface area contributed by atoms with Crippen LogP contribution < -0.4 is 5.32 Å². The van der Waals surface area contributed by atoms with Crippen LogP contribution >= 0.6 is 11.3 Å². The van der Waals surface area contributed by atoms with Crippen molar-refractivity contribution in [2.45, 2.75) is 30.6 Å². The number of halogens is 1. The highest BCUT2D eigenvalue weighted by atomic mass is 32.2. The average Bonchev–Trinajstić information content (AvgIpc) is 3.05. The molecule has 2 aromatic rings. The zero-order chi connectivity index (χ0) is 21.2. The number of nitrogens with one attached hydrogen (secondary N) is 1. The average molecular weight is 441 g/mol. The summed E-state index contributed by atoms with van der Waals surface area (Å²) in [6, 6.07) is 4.36. The first-order valence-corrected chi connectivity index (χ1v) is 11.2. The van der Waals surface area contributed by atoms with E-state index in [-0.39, 0.29) is 4.90 Å². The van der Waals surface area contributed by atoms with E-state index in [4.69, 9.17) is 4.74 Å². The van der Waals surface area contributed by atoms with Gasteiger partial charge in [-0.15, -0.1) is 11.3 Å². The highest BCUT2D eigenvalue weighted by Crippen LogP contribution is 2.38. The summed E-state index contributed by atoms with van der Waals surface area (Å²) < 4.78 is 43.9. The molecule has 1 heterocycles. The van der Waals surface area contributed by atoms with E-state index in [9.17, 15) is 22.4 Å². The van der Waals surface area contributed by atoms with Crippen LogP contribution in [0.1, 0.15) is 33.6 Å². The lowest BCUT2D eigenvalue weighted by molar-refractivity contribution is -0.116. The van der Waals surface area contributed by atoms with Crippen LogP contribution in [0.4, 0.5) is 9.39 Å². The number of methoxy groups -OCH3 is 1. The highest BCUT2D eigenvalue weighted by molar-refractivity contribution is 7.89. The van der Waals surface area contributed by atoms with Crippen molar-refractivity contribution in [1.82, 2.24) is 4.31 Å². The van der Waals surface area contributed by atoms with Crippen molar-refractivity contribution >= 4 is 38.2 Å². The number of aryl methyl sites for hydroxylation is 1. The van der Waals surface area contributed by atoms with Crippen molar-refractivity contribution in [3.05, 3.63) is 46.1 Å². The normalized spacial score (nSPS) is 13.8. The van der Waals surface area contributed by atoms with Crippen molar-refractivity contribution in [3.63, 3.8) is 0 Å². The third-order valence-corrected chi connectivity index (χ3v) is 7.73. The maximum absolute atomic E-state index is 13.0. The predicted octanol–water partition coefficient (Wildman–Crippen LogP) is 2.81. The number of likely N-dealkylation sites (N-methyl/N-ethyl adjacent to an activating group) is 1. The molecule has 1 aromatic carbocycles. The summed E-state index contributed by atoms with van der Waals surface area (Å²) in [6.07, 6.45) is 3.55.